The predicted molar refractivity (Wildman–Crippen MR) is 147 cm³/mol. The Morgan fingerprint density at radius 2 is 1.73 bits per heavy atom. The quantitative estimate of drug-likeness (QED) is 0.288. The van der Waals surface area contributed by atoms with Crippen LogP contribution < -0.4 is 4.90 Å². The van der Waals surface area contributed by atoms with Crippen LogP contribution in [0.3, 0.4) is 0 Å². The standard InChI is InChI=1S/C27H35F2N6O5P/c1-26(2,3)39-41(37,40-27(4,5)6)38-17-35-25(32-23(33-35)20-11-12-30-31-16-20)34-13-7-8-19(24(34)36)14-18-9-10-21(28)22(29)15-18/h9-12,15-16,19H,7-8,13-14,17H2,1-6H3. The summed E-state index contributed by atoms with van der Waals surface area (Å²) in [6.07, 6.45) is 4.39. The van der Waals surface area contributed by atoms with Crippen molar-refractivity contribution in [1.29, 1.82) is 0 Å². The molecule has 0 aliphatic carbocycles. The first-order chi connectivity index (χ1) is 19.1. The van der Waals surface area contributed by atoms with Crippen LogP contribution in [0.25, 0.3) is 11.4 Å². The number of aromatic nitrogens is 5. The molecule has 0 spiro atoms. The van der Waals surface area contributed by atoms with Crippen LogP contribution in [0.4, 0.5) is 14.7 Å². The maximum absolute atomic E-state index is 13.8. The van der Waals surface area contributed by atoms with Crippen molar-refractivity contribution in [1.82, 2.24) is 25.0 Å². The molecule has 41 heavy (non-hydrogen) atoms. The summed E-state index contributed by atoms with van der Waals surface area (Å²) < 4.78 is 59.4. The maximum Gasteiger partial charge on any atom is 0.477 e. The molecule has 0 radical (unpaired) electrons. The third kappa shape index (κ3) is 8.22. The van der Waals surface area contributed by atoms with Crippen LogP contribution in [0.15, 0.2) is 36.7 Å². The summed E-state index contributed by atoms with van der Waals surface area (Å²) in [5.74, 6) is -2.25. The molecule has 4 rings (SSSR count). The van der Waals surface area contributed by atoms with Crippen molar-refractivity contribution >= 4 is 19.7 Å². The van der Waals surface area contributed by atoms with Gasteiger partial charge in [0, 0.05) is 18.0 Å². The minimum Gasteiger partial charge on any atom is -0.281 e. The summed E-state index contributed by atoms with van der Waals surface area (Å²) in [5.41, 5.74) is -0.647. The zero-order valence-corrected chi connectivity index (χ0v) is 24.9. The van der Waals surface area contributed by atoms with Gasteiger partial charge in [0.05, 0.1) is 23.6 Å². The van der Waals surface area contributed by atoms with Crippen LogP contribution in [0.5, 0.6) is 0 Å². The van der Waals surface area contributed by atoms with Gasteiger partial charge in [-0.2, -0.15) is 15.2 Å². The van der Waals surface area contributed by atoms with Crippen LogP contribution in [-0.2, 0) is 36.1 Å². The number of hydrogen-bond acceptors (Lipinski definition) is 9. The zero-order chi connectivity index (χ0) is 30.0. The molecule has 3 aromatic rings. The molecule has 1 saturated heterocycles. The summed E-state index contributed by atoms with van der Waals surface area (Å²) in [6.45, 7) is 10.3. The van der Waals surface area contributed by atoms with Gasteiger partial charge in [0.1, 0.15) is 0 Å². The van der Waals surface area contributed by atoms with Gasteiger partial charge in [-0.15, -0.1) is 5.10 Å². The molecule has 0 bridgehead atoms. The lowest BCUT2D eigenvalue weighted by Gasteiger charge is -2.32. The Morgan fingerprint density at radius 3 is 2.34 bits per heavy atom. The van der Waals surface area contributed by atoms with E-state index in [1.807, 2.05) is 0 Å². The number of carbonyl (C=O) groups is 1. The number of carbonyl (C=O) groups excluding carboxylic acids is 1. The molecule has 14 heteroatoms. The number of amides is 1. The Balaban J connectivity index is 1.65. The lowest BCUT2D eigenvalue weighted by Crippen LogP contribution is -2.43. The fraction of sp³-hybridized carbons (Fsp3) is 0.519. The molecule has 1 aromatic carbocycles. The van der Waals surface area contributed by atoms with E-state index in [0.717, 1.165) is 12.1 Å². The monoisotopic (exact) mass is 592 g/mol. The first kappa shape index (κ1) is 30.8. The highest BCUT2D eigenvalue weighted by molar-refractivity contribution is 7.48. The molecule has 11 nitrogen and oxygen atoms in total. The highest BCUT2D eigenvalue weighted by Gasteiger charge is 2.39. The molecule has 2 aromatic heterocycles. The fourth-order valence-corrected chi connectivity index (χ4v) is 6.06. The van der Waals surface area contributed by atoms with E-state index in [1.165, 1.54) is 28.0 Å². The number of nitrogens with zero attached hydrogens (tertiary/aromatic N) is 6. The topological polar surface area (TPSA) is 122 Å². The molecule has 1 fully saturated rings. The molecule has 1 aliphatic rings. The van der Waals surface area contributed by atoms with Gasteiger partial charge in [0.15, 0.2) is 24.2 Å². The second kappa shape index (κ2) is 12.0. The van der Waals surface area contributed by atoms with Crippen LogP contribution >= 0.6 is 7.82 Å². The highest BCUT2D eigenvalue weighted by atomic mass is 31.2. The number of benzene rings is 1. The van der Waals surface area contributed by atoms with Crippen LogP contribution in [0, 0.1) is 17.6 Å². The predicted octanol–water partition coefficient (Wildman–Crippen LogP) is 5.71. The Labute approximate surface area is 237 Å². The number of piperidine rings is 1. The molecule has 1 aliphatic heterocycles. The van der Waals surface area contributed by atoms with Crippen LogP contribution in [0.2, 0.25) is 0 Å². The smallest absolute Gasteiger partial charge is 0.281 e. The number of anilines is 1. The maximum atomic E-state index is 13.8. The molecule has 1 atom stereocenters. The van der Waals surface area contributed by atoms with E-state index < -0.39 is 43.3 Å². The molecular weight excluding hydrogens is 557 g/mol. The van der Waals surface area contributed by atoms with Crippen molar-refractivity contribution in [3.05, 3.63) is 53.9 Å². The summed E-state index contributed by atoms with van der Waals surface area (Å²) in [4.78, 5) is 19.7. The zero-order valence-electron chi connectivity index (χ0n) is 24.0. The van der Waals surface area contributed by atoms with Crippen LogP contribution in [-0.4, -0.2) is 48.6 Å². The molecule has 222 valence electrons. The fourth-order valence-electron chi connectivity index (χ4n) is 4.32. The third-order valence-electron chi connectivity index (χ3n) is 5.86. The van der Waals surface area contributed by atoms with E-state index >= 15 is 0 Å². The number of rotatable bonds is 9. The SMILES string of the molecule is CC(C)(C)OP(=O)(OCn1nc(-c2ccnnc2)nc1N1CCCC(Cc2ccc(F)c(F)c2)C1=O)OC(C)(C)C. The van der Waals surface area contributed by atoms with Crippen molar-refractivity contribution in [2.45, 2.75) is 78.7 Å². The lowest BCUT2D eigenvalue weighted by atomic mass is 9.90. The Kier molecular flexibility index (Phi) is 9.03. The van der Waals surface area contributed by atoms with Gasteiger partial charge >= 0.3 is 7.82 Å². The minimum atomic E-state index is -4.11. The molecule has 1 amide bonds. The lowest BCUT2D eigenvalue weighted by molar-refractivity contribution is -0.123. The van der Waals surface area contributed by atoms with Crippen molar-refractivity contribution < 1.29 is 31.7 Å². The number of phosphoric ester groups is 1. The van der Waals surface area contributed by atoms with Crippen LogP contribution in [0.1, 0.15) is 59.9 Å². The summed E-state index contributed by atoms with van der Waals surface area (Å²) in [6, 6.07) is 5.29. The average Bonchev–Trinajstić information content (AvgIpc) is 3.29. The van der Waals surface area contributed by atoms with Crippen molar-refractivity contribution in [3.8, 4) is 11.4 Å². The first-order valence-corrected chi connectivity index (χ1v) is 14.7. The molecule has 1 unspecified atom stereocenters. The van der Waals surface area contributed by atoms with E-state index in [0.29, 0.717) is 30.5 Å². The summed E-state index contributed by atoms with van der Waals surface area (Å²) in [7, 11) is -4.11. The van der Waals surface area contributed by atoms with Gasteiger partial charge in [-0.1, -0.05) is 6.07 Å². The van der Waals surface area contributed by atoms with Crippen molar-refractivity contribution in [3.63, 3.8) is 0 Å². The minimum absolute atomic E-state index is 0.162. The number of hydrogen-bond donors (Lipinski definition) is 0. The van der Waals surface area contributed by atoms with Gasteiger partial charge < -0.3 is 0 Å². The summed E-state index contributed by atoms with van der Waals surface area (Å²) >= 11 is 0. The highest BCUT2D eigenvalue weighted by Crippen LogP contribution is 2.55. The van der Waals surface area contributed by atoms with Crippen molar-refractivity contribution in [2.24, 2.45) is 5.92 Å². The van der Waals surface area contributed by atoms with Gasteiger partial charge in [-0.3, -0.25) is 23.3 Å². The second-order valence-corrected chi connectivity index (χ2v) is 13.3. The Hall–Kier alpha value is -3.12. The molecular formula is C27H35F2N6O5P. The largest absolute Gasteiger partial charge is 0.477 e. The van der Waals surface area contributed by atoms with E-state index in [-0.39, 0.29) is 24.1 Å². The Bertz CT molecular complexity index is 1400. The van der Waals surface area contributed by atoms with Gasteiger partial charge in [0.2, 0.25) is 11.9 Å². The van der Waals surface area contributed by atoms with Gasteiger partial charge in [0.25, 0.3) is 0 Å². The second-order valence-electron chi connectivity index (χ2n) is 11.8. The summed E-state index contributed by atoms with van der Waals surface area (Å²) in [5, 5.41) is 12.2. The molecule has 3 heterocycles. The van der Waals surface area contributed by atoms with E-state index in [4.69, 9.17) is 13.6 Å². The molecule has 0 saturated carbocycles. The van der Waals surface area contributed by atoms with Gasteiger partial charge in [-0.25, -0.2) is 18.0 Å². The molecule has 0 N–H and O–H groups in total. The van der Waals surface area contributed by atoms with Gasteiger partial charge in [-0.05, 0) is 84.6 Å². The first-order valence-electron chi connectivity index (χ1n) is 13.3. The van der Waals surface area contributed by atoms with E-state index in [1.54, 1.807) is 47.6 Å². The van der Waals surface area contributed by atoms with E-state index in [2.05, 4.69) is 20.3 Å². The normalized spacial score (nSPS) is 16.8. The Morgan fingerprint density at radius 1 is 1.02 bits per heavy atom. The number of phosphoric acid groups is 1. The third-order valence-corrected chi connectivity index (χ3v) is 7.84. The van der Waals surface area contributed by atoms with Crippen molar-refractivity contribution in [2.75, 3.05) is 11.4 Å². The number of halogens is 2. The van der Waals surface area contributed by atoms with E-state index in [9.17, 15) is 18.1 Å². The average molecular weight is 593 g/mol.